The van der Waals surface area contributed by atoms with Gasteiger partial charge in [0.05, 0.1) is 11.1 Å². The van der Waals surface area contributed by atoms with Crippen LogP contribution in [0.25, 0.3) is 5.57 Å². The molecule has 1 N–H and O–H groups in total. The number of thioether (sulfide) groups is 1. The van der Waals surface area contributed by atoms with Crippen LogP contribution in [0.1, 0.15) is 37.3 Å². The molecule has 1 atom stereocenters. The van der Waals surface area contributed by atoms with E-state index in [1.54, 1.807) is 10.5 Å². The first-order valence-corrected chi connectivity index (χ1v) is 9.26. The second kappa shape index (κ2) is 5.78. The molecule has 2 aliphatic heterocycles. The molecule has 0 saturated carbocycles. The zero-order valence-electron chi connectivity index (χ0n) is 13.5. The molecule has 1 saturated heterocycles. The number of likely N-dealkylation sites (tertiary alicyclic amines) is 1. The Labute approximate surface area is 137 Å². The topological polar surface area (TPSA) is 15.3 Å². The molecule has 1 aromatic carbocycles. The highest BCUT2D eigenvalue weighted by molar-refractivity contribution is 8.03. The maximum atomic E-state index is 3.77. The van der Waals surface area contributed by atoms with E-state index in [2.05, 4.69) is 48.5 Å². The van der Waals surface area contributed by atoms with Crippen LogP contribution in [0.5, 0.6) is 0 Å². The molecule has 4 rings (SSSR count). The average Bonchev–Trinajstić information content (AvgIpc) is 2.82. The molecule has 3 aliphatic rings. The van der Waals surface area contributed by atoms with Crippen molar-refractivity contribution in [2.24, 2.45) is 0 Å². The van der Waals surface area contributed by atoms with Crippen molar-refractivity contribution in [3.8, 4) is 0 Å². The first kappa shape index (κ1) is 14.4. The minimum atomic E-state index is 0.511. The molecule has 2 heterocycles. The number of piperidine rings is 1. The molecule has 3 heteroatoms. The molecule has 1 fully saturated rings. The van der Waals surface area contributed by atoms with Crippen LogP contribution in [0.15, 0.2) is 40.4 Å². The van der Waals surface area contributed by atoms with E-state index in [1.165, 1.54) is 61.2 Å². The van der Waals surface area contributed by atoms with Gasteiger partial charge in [-0.05, 0) is 50.8 Å². The molecule has 1 aliphatic carbocycles. The number of allylic oxidation sites excluding steroid dienone is 2. The largest absolute Gasteiger partial charge is 0.372 e. The van der Waals surface area contributed by atoms with E-state index in [1.807, 2.05) is 11.8 Å². The number of hydrogen-bond acceptors (Lipinski definition) is 3. The third-order valence-electron chi connectivity index (χ3n) is 5.05. The second-order valence-corrected chi connectivity index (χ2v) is 8.08. The summed E-state index contributed by atoms with van der Waals surface area (Å²) >= 11 is 2.03. The molecule has 0 aromatic heterocycles. The third kappa shape index (κ3) is 2.50. The van der Waals surface area contributed by atoms with Gasteiger partial charge in [0, 0.05) is 23.6 Å². The Morgan fingerprint density at radius 1 is 1.09 bits per heavy atom. The summed E-state index contributed by atoms with van der Waals surface area (Å²) in [5, 5.41) is 4.28. The Balaban J connectivity index is 1.86. The molecular weight excluding hydrogens is 288 g/mol. The number of aryl methyl sites for hydroxylation is 1. The highest BCUT2D eigenvalue weighted by Gasteiger charge is 2.30. The van der Waals surface area contributed by atoms with Crippen molar-refractivity contribution in [3.05, 3.63) is 51.6 Å². The predicted octanol–water partition coefficient (Wildman–Crippen LogP) is 4.01. The standard InChI is InChI=1S/C19H24N2S/c1-13-20-19-17(22-13)8-7-14-5-3-4-6-16(14)18(19)15-9-11-21(2)12-10-15/h3-6,13,20H,7-12H2,1-2H3. The van der Waals surface area contributed by atoms with Crippen LogP contribution in [-0.2, 0) is 6.42 Å². The molecule has 116 valence electrons. The van der Waals surface area contributed by atoms with Crippen molar-refractivity contribution in [3.63, 3.8) is 0 Å². The van der Waals surface area contributed by atoms with Crippen LogP contribution >= 0.6 is 11.8 Å². The summed E-state index contributed by atoms with van der Waals surface area (Å²) in [7, 11) is 2.24. The van der Waals surface area contributed by atoms with Crippen molar-refractivity contribution < 1.29 is 0 Å². The molecule has 0 spiro atoms. The van der Waals surface area contributed by atoms with Crippen molar-refractivity contribution >= 4 is 17.3 Å². The van der Waals surface area contributed by atoms with Gasteiger partial charge in [0.15, 0.2) is 0 Å². The van der Waals surface area contributed by atoms with Crippen molar-refractivity contribution in [1.82, 2.24) is 10.2 Å². The lowest BCUT2D eigenvalue weighted by Crippen LogP contribution is -2.27. The summed E-state index contributed by atoms with van der Waals surface area (Å²) < 4.78 is 0. The fourth-order valence-corrected chi connectivity index (χ4v) is 4.95. The number of fused-ring (bicyclic) bond motifs is 1. The summed E-state index contributed by atoms with van der Waals surface area (Å²) in [6, 6.07) is 9.04. The van der Waals surface area contributed by atoms with E-state index in [4.69, 9.17) is 0 Å². The zero-order chi connectivity index (χ0) is 15.1. The highest BCUT2D eigenvalue weighted by Crippen LogP contribution is 2.45. The van der Waals surface area contributed by atoms with Crippen LogP contribution < -0.4 is 5.32 Å². The monoisotopic (exact) mass is 312 g/mol. The van der Waals surface area contributed by atoms with Gasteiger partial charge in [-0.3, -0.25) is 0 Å². The molecule has 1 aromatic rings. The number of nitrogens with zero attached hydrogens (tertiary/aromatic N) is 1. The Hall–Kier alpha value is -1.19. The van der Waals surface area contributed by atoms with Crippen LogP contribution in [0.4, 0.5) is 0 Å². The van der Waals surface area contributed by atoms with E-state index >= 15 is 0 Å². The predicted molar refractivity (Wildman–Crippen MR) is 95.6 cm³/mol. The molecule has 1 unspecified atom stereocenters. The first-order valence-electron chi connectivity index (χ1n) is 8.38. The maximum absolute atomic E-state index is 3.77. The van der Waals surface area contributed by atoms with Gasteiger partial charge in [0.25, 0.3) is 0 Å². The summed E-state index contributed by atoms with van der Waals surface area (Å²) in [5.41, 5.74) is 7.64. The van der Waals surface area contributed by atoms with Crippen molar-refractivity contribution in [2.45, 2.75) is 38.0 Å². The lowest BCUT2D eigenvalue weighted by Gasteiger charge is -2.28. The van der Waals surface area contributed by atoms with E-state index in [0.717, 1.165) is 0 Å². The van der Waals surface area contributed by atoms with E-state index in [9.17, 15) is 0 Å². The Bertz CT molecular complexity index is 649. The molecule has 2 nitrogen and oxygen atoms in total. The minimum absolute atomic E-state index is 0.511. The summed E-state index contributed by atoms with van der Waals surface area (Å²) in [6.07, 6.45) is 4.77. The lowest BCUT2D eigenvalue weighted by atomic mass is 9.89. The molecule has 0 radical (unpaired) electrons. The maximum Gasteiger partial charge on any atom is 0.0738 e. The lowest BCUT2D eigenvalue weighted by molar-refractivity contribution is 0.313. The van der Waals surface area contributed by atoms with Crippen LogP contribution in [0, 0.1) is 0 Å². The number of benzene rings is 1. The van der Waals surface area contributed by atoms with E-state index in [-0.39, 0.29) is 0 Å². The normalized spacial score (nSPS) is 25.6. The van der Waals surface area contributed by atoms with Gasteiger partial charge in [0.2, 0.25) is 0 Å². The smallest absolute Gasteiger partial charge is 0.0738 e. The van der Waals surface area contributed by atoms with Gasteiger partial charge in [-0.15, -0.1) is 11.8 Å². The number of hydrogen-bond donors (Lipinski definition) is 1. The molecule has 0 amide bonds. The van der Waals surface area contributed by atoms with Crippen LogP contribution in [0.3, 0.4) is 0 Å². The fraction of sp³-hybridized carbons (Fsp3) is 0.474. The Morgan fingerprint density at radius 2 is 1.86 bits per heavy atom. The molecule has 0 bridgehead atoms. The minimum Gasteiger partial charge on any atom is -0.372 e. The summed E-state index contributed by atoms with van der Waals surface area (Å²) in [6.45, 7) is 4.65. The third-order valence-corrected chi connectivity index (χ3v) is 6.21. The summed E-state index contributed by atoms with van der Waals surface area (Å²) in [5.74, 6) is 0. The van der Waals surface area contributed by atoms with Crippen molar-refractivity contribution in [1.29, 1.82) is 0 Å². The second-order valence-electron chi connectivity index (χ2n) is 6.64. The Kier molecular flexibility index (Phi) is 3.79. The van der Waals surface area contributed by atoms with Gasteiger partial charge in [-0.2, -0.15) is 0 Å². The first-order chi connectivity index (χ1) is 10.7. The number of rotatable bonds is 0. The van der Waals surface area contributed by atoms with Crippen molar-refractivity contribution in [2.75, 3.05) is 20.1 Å². The van der Waals surface area contributed by atoms with Gasteiger partial charge >= 0.3 is 0 Å². The SMILES string of the molecule is CC1NC2=C(CCc3ccccc3C2=C2CCN(C)CC2)S1. The van der Waals surface area contributed by atoms with Gasteiger partial charge in [-0.1, -0.05) is 29.8 Å². The van der Waals surface area contributed by atoms with Gasteiger partial charge in [-0.25, -0.2) is 0 Å². The van der Waals surface area contributed by atoms with Crippen LogP contribution in [-0.4, -0.2) is 30.4 Å². The zero-order valence-corrected chi connectivity index (χ0v) is 14.3. The average molecular weight is 312 g/mol. The van der Waals surface area contributed by atoms with Gasteiger partial charge in [0.1, 0.15) is 0 Å². The van der Waals surface area contributed by atoms with Crippen LogP contribution in [0.2, 0.25) is 0 Å². The Morgan fingerprint density at radius 3 is 2.68 bits per heavy atom. The van der Waals surface area contributed by atoms with Gasteiger partial charge < -0.3 is 10.2 Å². The van der Waals surface area contributed by atoms with E-state index < -0.39 is 0 Å². The van der Waals surface area contributed by atoms with E-state index in [0.29, 0.717) is 5.37 Å². The fourth-order valence-electron chi connectivity index (χ4n) is 3.85. The quantitative estimate of drug-likeness (QED) is 0.779. The number of nitrogens with one attached hydrogen (secondary N) is 1. The molecule has 22 heavy (non-hydrogen) atoms. The molecular formula is C19H24N2S. The summed E-state index contributed by atoms with van der Waals surface area (Å²) in [4.78, 5) is 4.02. The highest BCUT2D eigenvalue weighted by atomic mass is 32.2.